The molecule has 129 valence electrons. The Balaban J connectivity index is 1.42. The highest BCUT2D eigenvalue weighted by Crippen LogP contribution is 2.28. The van der Waals surface area contributed by atoms with Gasteiger partial charge in [-0.05, 0) is 30.7 Å². The van der Waals surface area contributed by atoms with Crippen LogP contribution in [-0.4, -0.2) is 9.97 Å². The van der Waals surface area contributed by atoms with Crippen LogP contribution in [0.5, 0.6) is 0 Å². The van der Waals surface area contributed by atoms with Gasteiger partial charge in [0, 0.05) is 38.4 Å². The maximum Gasteiger partial charge on any atom is 0.123 e. The van der Waals surface area contributed by atoms with Crippen molar-refractivity contribution in [3.8, 4) is 21.1 Å². The van der Waals surface area contributed by atoms with Crippen LogP contribution in [0.1, 0.15) is 11.4 Å². The fourth-order valence-corrected chi connectivity index (χ4v) is 4.34. The SMILES string of the molecule is Clc1ccc(-c2nc([CH]Cc3csc(-c4ccc(Cl)cc4)n3)cs2)cc1. The van der Waals surface area contributed by atoms with Gasteiger partial charge in [0.15, 0.2) is 0 Å². The molecule has 2 aromatic heterocycles. The van der Waals surface area contributed by atoms with Crippen molar-refractivity contribution in [3.05, 3.63) is 87.1 Å². The molecule has 0 aliphatic rings. The Morgan fingerprint density at radius 2 is 1.27 bits per heavy atom. The molecule has 0 bridgehead atoms. The summed E-state index contributed by atoms with van der Waals surface area (Å²) in [4.78, 5) is 9.39. The van der Waals surface area contributed by atoms with Crippen LogP contribution >= 0.6 is 45.9 Å². The van der Waals surface area contributed by atoms with Crippen molar-refractivity contribution in [2.24, 2.45) is 0 Å². The number of aromatic nitrogens is 2. The quantitative estimate of drug-likeness (QED) is 0.349. The van der Waals surface area contributed by atoms with E-state index < -0.39 is 0 Å². The minimum Gasteiger partial charge on any atom is -0.241 e. The Bertz CT molecular complexity index is 921. The number of thiazole rings is 2. The van der Waals surface area contributed by atoms with E-state index in [0.717, 1.165) is 49.0 Å². The van der Waals surface area contributed by atoms with Gasteiger partial charge in [0.2, 0.25) is 0 Å². The van der Waals surface area contributed by atoms with E-state index in [1.807, 2.05) is 48.5 Å². The summed E-state index contributed by atoms with van der Waals surface area (Å²) in [7, 11) is 0. The number of rotatable bonds is 5. The molecule has 2 heterocycles. The Morgan fingerprint density at radius 1 is 0.731 bits per heavy atom. The second-order valence-electron chi connectivity index (χ2n) is 5.64. The zero-order valence-electron chi connectivity index (χ0n) is 13.5. The van der Waals surface area contributed by atoms with Crippen molar-refractivity contribution in [2.45, 2.75) is 6.42 Å². The van der Waals surface area contributed by atoms with Gasteiger partial charge < -0.3 is 0 Å². The van der Waals surface area contributed by atoms with Crippen LogP contribution in [0.25, 0.3) is 21.1 Å². The van der Waals surface area contributed by atoms with E-state index >= 15 is 0 Å². The highest BCUT2D eigenvalue weighted by molar-refractivity contribution is 7.13. The van der Waals surface area contributed by atoms with E-state index in [4.69, 9.17) is 28.2 Å². The first-order valence-electron chi connectivity index (χ1n) is 7.92. The van der Waals surface area contributed by atoms with Gasteiger partial charge >= 0.3 is 0 Å². The normalized spacial score (nSPS) is 11.0. The molecule has 0 aliphatic heterocycles. The summed E-state index contributed by atoms with van der Waals surface area (Å²) in [5.41, 5.74) is 4.18. The number of benzene rings is 2. The summed E-state index contributed by atoms with van der Waals surface area (Å²) in [6, 6.07) is 15.5. The van der Waals surface area contributed by atoms with Crippen molar-refractivity contribution < 1.29 is 0 Å². The Kier molecular flexibility index (Phi) is 5.36. The standard InChI is InChI=1S/C20H13Cl2N2S2/c21-15-5-1-13(2-6-15)19-23-17(11-25-19)9-10-18-12-26-20(24-18)14-3-7-16(22)8-4-14/h1-9,11-12H,10H2. The molecular formula is C20H13Cl2N2S2. The zero-order valence-corrected chi connectivity index (χ0v) is 16.7. The number of hydrogen-bond acceptors (Lipinski definition) is 4. The summed E-state index contributed by atoms with van der Waals surface area (Å²) in [5, 5.41) is 7.62. The number of nitrogens with zero attached hydrogens (tertiary/aromatic N) is 2. The summed E-state index contributed by atoms with van der Waals surface area (Å²) >= 11 is 15.2. The first-order chi connectivity index (χ1) is 12.7. The van der Waals surface area contributed by atoms with E-state index in [9.17, 15) is 0 Å². The van der Waals surface area contributed by atoms with Crippen LogP contribution in [0.3, 0.4) is 0 Å². The van der Waals surface area contributed by atoms with Crippen molar-refractivity contribution in [1.82, 2.24) is 9.97 Å². The van der Waals surface area contributed by atoms with Crippen LogP contribution in [0.4, 0.5) is 0 Å². The molecular weight excluding hydrogens is 403 g/mol. The lowest BCUT2D eigenvalue weighted by Crippen LogP contribution is -1.90. The molecule has 0 unspecified atom stereocenters. The van der Waals surface area contributed by atoms with Crippen molar-refractivity contribution in [2.75, 3.05) is 0 Å². The van der Waals surface area contributed by atoms with Gasteiger partial charge in [-0.1, -0.05) is 47.5 Å². The zero-order chi connectivity index (χ0) is 17.9. The van der Waals surface area contributed by atoms with Gasteiger partial charge in [-0.2, -0.15) is 0 Å². The molecule has 26 heavy (non-hydrogen) atoms. The van der Waals surface area contributed by atoms with Crippen molar-refractivity contribution >= 4 is 45.9 Å². The first kappa shape index (κ1) is 17.7. The molecule has 6 heteroatoms. The first-order valence-corrected chi connectivity index (χ1v) is 10.4. The molecule has 0 fully saturated rings. The second kappa shape index (κ2) is 7.89. The van der Waals surface area contributed by atoms with Gasteiger partial charge in [-0.3, -0.25) is 0 Å². The van der Waals surface area contributed by atoms with Crippen LogP contribution < -0.4 is 0 Å². The maximum atomic E-state index is 5.94. The van der Waals surface area contributed by atoms with Gasteiger partial charge in [0.1, 0.15) is 10.0 Å². The van der Waals surface area contributed by atoms with E-state index in [-0.39, 0.29) is 0 Å². The minimum atomic E-state index is 0.733. The lowest BCUT2D eigenvalue weighted by atomic mass is 10.2. The second-order valence-corrected chi connectivity index (χ2v) is 8.23. The maximum absolute atomic E-state index is 5.94. The third-order valence-corrected chi connectivity index (χ3v) is 6.13. The molecule has 0 atom stereocenters. The van der Waals surface area contributed by atoms with Gasteiger partial charge in [0.25, 0.3) is 0 Å². The highest BCUT2D eigenvalue weighted by Gasteiger charge is 2.08. The Hall–Kier alpha value is -1.72. The largest absolute Gasteiger partial charge is 0.241 e. The van der Waals surface area contributed by atoms with Gasteiger partial charge in [-0.25, -0.2) is 9.97 Å². The molecule has 0 spiro atoms. The average Bonchev–Trinajstić information content (AvgIpc) is 3.31. The fourth-order valence-electron chi connectivity index (χ4n) is 2.44. The predicted octanol–water partition coefficient (Wildman–Crippen LogP) is 7.04. The molecule has 2 nitrogen and oxygen atoms in total. The highest BCUT2D eigenvalue weighted by atomic mass is 35.5. The number of hydrogen-bond donors (Lipinski definition) is 0. The molecule has 0 saturated heterocycles. The van der Waals surface area contributed by atoms with Crippen LogP contribution in [0.15, 0.2) is 59.3 Å². The third kappa shape index (κ3) is 4.15. The fraction of sp³-hybridized carbons (Fsp3) is 0.0500. The lowest BCUT2D eigenvalue weighted by Gasteiger charge is -1.97. The van der Waals surface area contributed by atoms with Gasteiger partial charge in [0.05, 0.1) is 11.4 Å². The Labute approximate surface area is 170 Å². The summed E-state index contributed by atoms with van der Waals surface area (Å²) in [6.45, 7) is 0. The molecule has 2 aromatic carbocycles. The van der Waals surface area contributed by atoms with E-state index in [2.05, 4.69) is 22.2 Å². The monoisotopic (exact) mass is 415 g/mol. The molecule has 4 rings (SSSR count). The Morgan fingerprint density at radius 3 is 1.88 bits per heavy atom. The smallest absolute Gasteiger partial charge is 0.123 e. The van der Waals surface area contributed by atoms with E-state index in [1.165, 1.54) is 0 Å². The van der Waals surface area contributed by atoms with E-state index in [0.29, 0.717) is 0 Å². The van der Waals surface area contributed by atoms with Crippen molar-refractivity contribution in [1.29, 1.82) is 0 Å². The van der Waals surface area contributed by atoms with Crippen LogP contribution in [0, 0.1) is 6.42 Å². The lowest BCUT2D eigenvalue weighted by molar-refractivity contribution is 1.07. The summed E-state index contributed by atoms with van der Waals surface area (Å²) in [5.74, 6) is 0. The average molecular weight is 416 g/mol. The van der Waals surface area contributed by atoms with Crippen LogP contribution in [-0.2, 0) is 6.42 Å². The molecule has 4 aromatic rings. The molecule has 0 aliphatic carbocycles. The minimum absolute atomic E-state index is 0.733. The summed E-state index contributed by atoms with van der Waals surface area (Å²) in [6.07, 6.45) is 2.87. The topological polar surface area (TPSA) is 25.8 Å². The van der Waals surface area contributed by atoms with Crippen molar-refractivity contribution in [3.63, 3.8) is 0 Å². The third-order valence-electron chi connectivity index (χ3n) is 3.78. The molecule has 0 N–H and O–H groups in total. The van der Waals surface area contributed by atoms with E-state index in [1.54, 1.807) is 22.7 Å². The van der Waals surface area contributed by atoms with Gasteiger partial charge in [-0.15, -0.1) is 22.7 Å². The molecule has 1 radical (unpaired) electrons. The molecule has 0 saturated carbocycles. The van der Waals surface area contributed by atoms with Crippen LogP contribution in [0.2, 0.25) is 10.0 Å². The molecule has 0 amide bonds. The number of halogens is 2. The summed E-state index contributed by atoms with van der Waals surface area (Å²) < 4.78 is 0. The predicted molar refractivity (Wildman–Crippen MR) is 112 cm³/mol.